The quantitative estimate of drug-likeness (QED) is 0.491. The van der Waals surface area contributed by atoms with E-state index in [0.29, 0.717) is 37.0 Å². The third-order valence-corrected chi connectivity index (χ3v) is 8.37. The molecule has 31 heavy (non-hydrogen) atoms. The van der Waals surface area contributed by atoms with Crippen LogP contribution in [0.25, 0.3) is 0 Å². The molecular formula is C27H44O4. The van der Waals surface area contributed by atoms with E-state index >= 15 is 0 Å². The summed E-state index contributed by atoms with van der Waals surface area (Å²) in [7, 11) is 0. The predicted molar refractivity (Wildman–Crippen MR) is 125 cm³/mol. The van der Waals surface area contributed by atoms with Crippen molar-refractivity contribution in [1.82, 2.24) is 0 Å². The summed E-state index contributed by atoms with van der Waals surface area (Å²) in [6.45, 7) is 12.3. The van der Waals surface area contributed by atoms with Crippen molar-refractivity contribution >= 4 is 0 Å². The summed E-state index contributed by atoms with van der Waals surface area (Å²) in [5.74, 6) is 1.57. The van der Waals surface area contributed by atoms with Crippen molar-refractivity contribution in [2.75, 3.05) is 0 Å². The minimum atomic E-state index is -0.834. The molecule has 7 atom stereocenters. The van der Waals surface area contributed by atoms with Crippen molar-refractivity contribution in [1.29, 1.82) is 0 Å². The SMILES string of the molecule is C=C1C(=CC=C2CCCC3(C)C2CCC3C(C)CC(O)CC(C)(C)O)CC(O)CC1O. The maximum atomic E-state index is 10.5. The lowest BCUT2D eigenvalue weighted by Gasteiger charge is -2.44. The van der Waals surface area contributed by atoms with E-state index in [2.05, 4.69) is 32.6 Å². The second kappa shape index (κ2) is 9.51. The molecule has 0 bridgehead atoms. The Labute approximate surface area is 188 Å². The molecule has 3 rings (SSSR count). The molecule has 0 aromatic carbocycles. The largest absolute Gasteiger partial charge is 0.393 e. The van der Waals surface area contributed by atoms with Gasteiger partial charge in [0.15, 0.2) is 0 Å². The molecule has 0 aliphatic heterocycles. The van der Waals surface area contributed by atoms with Crippen LogP contribution >= 0.6 is 0 Å². The van der Waals surface area contributed by atoms with Crippen molar-refractivity contribution in [3.05, 3.63) is 35.5 Å². The van der Waals surface area contributed by atoms with Gasteiger partial charge in [-0.05, 0) is 93.1 Å². The topological polar surface area (TPSA) is 80.9 Å². The van der Waals surface area contributed by atoms with Gasteiger partial charge >= 0.3 is 0 Å². The normalized spacial score (nSPS) is 39.0. The van der Waals surface area contributed by atoms with Gasteiger partial charge in [0.05, 0.1) is 23.9 Å². The van der Waals surface area contributed by atoms with E-state index in [0.717, 1.165) is 24.0 Å². The van der Waals surface area contributed by atoms with Crippen LogP contribution in [-0.4, -0.2) is 44.3 Å². The van der Waals surface area contributed by atoms with Crippen molar-refractivity contribution in [3.8, 4) is 0 Å². The fourth-order valence-electron chi connectivity index (χ4n) is 6.93. The van der Waals surface area contributed by atoms with E-state index in [1.54, 1.807) is 13.8 Å². The minimum absolute atomic E-state index is 0.249. The average molecular weight is 433 g/mol. The zero-order valence-electron chi connectivity index (χ0n) is 20.0. The van der Waals surface area contributed by atoms with Crippen LogP contribution < -0.4 is 0 Å². The van der Waals surface area contributed by atoms with Crippen LogP contribution in [0, 0.1) is 23.2 Å². The summed E-state index contributed by atoms with van der Waals surface area (Å²) in [5, 5.41) is 40.7. The lowest BCUT2D eigenvalue weighted by atomic mass is 9.60. The summed E-state index contributed by atoms with van der Waals surface area (Å²) in [6, 6.07) is 0. The highest BCUT2D eigenvalue weighted by molar-refractivity contribution is 5.38. The highest BCUT2D eigenvalue weighted by Crippen LogP contribution is 2.60. The number of rotatable bonds is 6. The van der Waals surface area contributed by atoms with Crippen molar-refractivity contribution in [2.24, 2.45) is 23.2 Å². The number of fused-ring (bicyclic) bond motifs is 1. The van der Waals surface area contributed by atoms with Crippen LogP contribution in [0.1, 0.15) is 85.5 Å². The average Bonchev–Trinajstić information content (AvgIpc) is 2.99. The molecule has 176 valence electrons. The zero-order chi connectivity index (χ0) is 23.0. The van der Waals surface area contributed by atoms with E-state index in [-0.39, 0.29) is 5.41 Å². The molecule has 0 amide bonds. The molecule has 0 saturated heterocycles. The van der Waals surface area contributed by atoms with Gasteiger partial charge in [-0.2, -0.15) is 0 Å². The molecule has 3 fully saturated rings. The Kier molecular flexibility index (Phi) is 7.57. The lowest BCUT2D eigenvalue weighted by molar-refractivity contribution is 0.000127. The summed E-state index contributed by atoms with van der Waals surface area (Å²) in [5.41, 5.74) is 2.64. The molecule has 4 N–H and O–H groups in total. The molecule has 3 aliphatic rings. The van der Waals surface area contributed by atoms with Crippen LogP contribution in [0.15, 0.2) is 35.5 Å². The van der Waals surface area contributed by atoms with Crippen LogP contribution in [0.4, 0.5) is 0 Å². The van der Waals surface area contributed by atoms with Crippen molar-refractivity contribution in [3.63, 3.8) is 0 Å². The van der Waals surface area contributed by atoms with Gasteiger partial charge in [0.25, 0.3) is 0 Å². The third-order valence-electron chi connectivity index (χ3n) is 8.37. The van der Waals surface area contributed by atoms with Crippen molar-refractivity contribution < 1.29 is 20.4 Å². The molecule has 0 aromatic rings. The highest BCUT2D eigenvalue weighted by atomic mass is 16.3. The predicted octanol–water partition coefficient (Wildman–Crippen LogP) is 4.68. The van der Waals surface area contributed by atoms with Crippen molar-refractivity contribution in [2.45, 2.75) is 109 Å². The number of aliphatic hydroxyl groups is 4. The van der Waals surface area contributed by atoms with E-state index in [1.165, 1.54) is 31.3 Å². The first-order valence-electron chi connectivity index (χ1n) is 12.3. The van der Waals surface area contributed by atoms with Crippen LogP contribution in [0.2, 0.25) is 0 Å². The molecular weight excluding hydrogens is 388 g/mol. The van der Waals surface area contributed by atoms with Crippen LogP contribution in [0.3, 0.4) is 0 Å². The van der Waals surface area contributed by atoms with Gasteiger partial charge in [0, 0.05) is 12.8 Å². The Morgan fingerprint density at radius 2 is 1.94 bits per heavy atom. The van der Waals surface area contributed by atoms with Gasteiger partial charge in [-0.25, -0.2) is 0 Å². The third kappa shape index (κ3) is 5.71. The highest BCUT2D eigenvalue weighted by Gasteiger charge is 2.50. The van der Waals surface area contributed by atoms with Gasteiger partial charge in [0.1, 0.15) is 0 Å². The molecule has 0 radical (unpaired) electrons. The maximum absolute atomic E-state index is 10.5. The Balaban J connectivity index is 1.72. The number of aliphatic hydroxyl groups excluding tert-OH is 3. The van der Waals surface area contributed by atoms with E-state index in [4.69, 9.17) is 0 Å². The Bertz CT molecular complexity index is 715. The fraction of sp³-hybridized carbons (Fsp3) is 0.778. The van der Waals surface area contributed by atoms with Gasteiger partial charge < -0.3 is 20.4 Å². The smallest absolute Gasteiger partial charge is 0.0811 e. The molecule has 4 nitrogen and oxygen atoms in total. The first-order chi connectivity index (χ1) is 14.4. The van der Waals surface area contributed by atoms with Gasteiger partial charge in [0.2, 0.25) is 0 Å². The Hall–Kier alpha value is -0.940. The Morgan fingerprint density at radius 3 is 2.61 bits per heavy atom. The fourth-order valence-corrected chi connectivity index (χ4v) is 6.93. The number of allylic oxidation sites excluding steroid dienone is 3. The molecule has 4 heteroatoms. The maximum Gasteiger partial charge on any atom is 0.0811 e. The van der Waals surface area contributed by atoms with E-state index < -0.39 is 23.9 Å². The van der Waals surface area contributed by atoms with E-state index in [1.807, 2.05) is 0 Å². The summed E-state index contributed by atoms with van der Waals surface area (Å²) >= 11 is 0. The molecule has 3 aliphatic carbocycles. The van der Waals surface area contributed by atoms with Crippen LogP contribution in [0.5, 0.6) is 0 Å². The van der Waals surface area contributed by atoms with Gasteiger partial charge in [-0.15, -0.1) is 0 Å². The number of hydrogen-bond donors (Lipinski definition) is 4. The van der Waals surface area contributed by atoms with Gasteiger partial charge in [-0.3, -0.25) is 0 Å². The Morgan fingerprint density at radius 1 is 1.23 bits per heavy atom. The molecule has 0 aromatic heterocycles. The first kappa shape index (κ1) is 24.7. The summed E-state index contributed by atoms with van der Waals surface area (Å²) < 4.78 is 0. The first-order valence-corrected chi connectivity index (χ1v) is 12.3. The minimum Gasteiger partial charge on any atom is -0.393 e. The molecule has 0 heterocycles. The number of hydrogen-bond acceptors (Lipinski definition) is 4. The van der Waals surface area contributed by atoms with E-state index in [9.17, 15) is 20.4 Å². The molecule has 7 unspecified atom stereocenters. The standard InChI is InChI=1S/C27H44O4/c1-17(13-22(29)16-26(3,4)31)23-10-11-24-19(7-6-12-27(23,24)5)8-9-20-14-21(28)15-25(30)18(20)2/h8-9,17,21-25,28-31H,2,6-7,10-16H2,1,3-5H3. The second-order valence-electron chi connectivity index (χ2n) is 11.5. The monoisotopic (exact) mass is 432 g/mol. The second-order valence-corrected chi connectivity index (χ2v) is 11.5. The summed E-state index contributed by atoms with van der Waals surface area (Å²) in [4.78, 5) is 0. The van der Waals surface area contributed by atoms with Gasteiger partial charge in [-0.1, -0.05) is 38.2 Å². The van der Waals surface area contributed by atoms with Crippen LogP contribution in [-0.2, 0) is 0 Å². The lowest BCUT2D eigenvalue weighted by Crippen LogP contribution is -2.37. The zero-order valence-corrected chi connectivity index (χ0v) is 20.0. The summed E-state index contributed by atoms with van der Waals surface area (Å²) in [6.07, 6.45) is 10.8. The molecule has 3 saturated carbocycles. The molecule has 0 spiro atoms.